The molecule has 0 spiro atoms. The summed E-state index contributed by atoms with van der Waals surface area (Å²) >= 11 is 24.3. The molecule has 4 amide bonds. The van der Waals surface area contributed by atoms with Gasteiger partial charge in [0.1, 0.15) is 25.9 Å². The molecule has 64 heavy (non-hydrogen) atoms. The minimum atomic E-state index is -0.945. The van der Waals surface area contributed by atoms with Crippen molar-refractivity contribution in [2.45, 2.75) is 154 Å². The second kappa shape index (κ2) is 38.0. The summed E-state index contributed by atoms with van der Waals surface area (Å²) in [5.41, 5.74) is 4.78. The average Bonchev–Trinajstić information content (AvgIpc) is 3.69. The standard InChI is InChI=1S/C13H19NO4S3.C12H22O2S3.C9H16O2S3.C4H5NO3.C2H7NO/c1-4-5-8-20-12(19)21-13(2,3)11(17)18-14-9(15)6-7-10(14)16;1-4-5-9-16-11(15)17-12(2,3)10(14)7-6-8-13;1-4-5-6-13-8(12)14-9(2,3)7(10)11;6-3-1-2-4(7)5(3)8;3-1-2-4/h4-8H2,1-3H3;13H,4-9H2,1-3H3;4-6H2,1-3H3,(H,10,11);8H,1-2H2;4H,1-3H2. The zero-order valence-corrected chi connectivity index (χ0v) is 45.8. The van der Waals surface area contributed by atoms with Crippen molar-refractivity contribution in [2.24, 2.45) is 5.73 Å². The van der Waals surface area contributed by atoms with Crippen LogP contribution in [0.15, 0.2) is 0 Å². The van der Waals surface area contributed by atoms with E-state index in [0.717, 1.165) is 56.4 Å². The molecule has 6 N–H and O–H groups in total. The monoisotopic (exact) mass is 1070 g/mol. The Bertz CT molecular complexity index is 1480. The summed E-state index contributed by atoms with van der Waals surface area (Å²) in [5.74, 6) is -0.337. The molecule has 0 aromatic rings. The van der Waals surface area contributed by atoms with E-state index in [1.54, 1.807) is 51.2 Å². The third-order valence-corrected chi connectivity index (χ3v) is 16.1. The number of nitrogens with zero attached hydrogens (tertiary/aromatic N) is 2. The number of Topliss-reactive ketones (excluding diaryl/α,β-unsaturated/α-hetero) is 1. The Hall–Kier alpha value is -0.900. The average molecular weight is 1070 g/mol. The van der Waals surface area contributed by atoms with Crippen molar-refractivity contribution >= 4 is 159 Å². The van der Waals surface area contributed by atoms with Gasteiger partial charge in [0.05, 0.1) is 11.4 Å². The number of rotatable bonds is 20. The second-order valence-corrected chi connectivity index (χ2v) is 26.6. The van der Waals surface area contributed by atoms with Gasteiger partial charge in [0.25, 0.3) is 23.6 Å². The fourth-order valence-electron chi connectivity index (χ4n) is 3.71. The molecule has 2 rings (SSSR count). The number of hydrogen-bond donors (Lipinski definition) is 5. The molecule has 0 aliphatic carbocycles. The maximum absolute atomic E-state index is 12.1. The summed E-state index contributed by atoms with van der Waals surface area (Å²) in [6.07, 6.45) is 8.18. The number of ketones is 1. The fraction of sp³-hybridized carbons (Fsp3) is 0.750. The van der Waals surface area contributed by atoms with Crippen LogP contribution < -0.4 is 5.73 Å². The van der Waals surface area contributed by atoms with E-state index in [1.807, 2.05) is 13.8 Å². The first-order valence-corrected chi connectivity index (χ1v) is 27.3. The predicted molar refractivity (Wildman–Crippen MR) is 280 cm³/mol. The normalized spacial score (nSPS) is 13.6. The van der Waals surface area contributed by atoms with Crippen LogP contribution in [0.3, 0.4) is 0 Å². The van der Waals surface area contributed by atoms with Gasteiger partial charge in [-0.2, -0.15) is 5.06 Å². The molecule has 2 fully saturated rings. The predicted octanol–water partition coefficient (Wildman–Crippen LogP) is 8.44. The lowest BCUT2D eigenvalue weighted by molar-refractivity contribution is -0.198. The SMILES string of the molecule is CCCCSC(=S)SC(C)(C)C(=O)CCCO.CCCCSC(=S)SC(C)(C)C(=O)O.CCCCSC(=S)SC(C)(C)C(=O)ON1C(=O)CCC1=O.NCCO.O=C1CCC(=O)N1O. The molecule has 0 radical (unpaired) electrons. The van der Waals surface area contributed by atoms with Gasteiger partial charge in [-0.25, -0.2) is 4.79 Å². The van der Waals surface area contributed by atoms with E-state index in [-0.39, 0.29) is 49.7 Å². The third-order valence-electron chi connectivity index (χ3n) is 7.74. The van der Waals surface area contributed by atoms with Crippen molar-refractivity contribution < 1.29 is 58.9 Å². The highest BCUT2D eigenvalue weighted by molar-refractivity contribution is 8.48. The minimum absolute atomic E-state index is 0.0716. The number of hydrogen-bond acceptors (Lipinski definition) is 21. The molecule has 15 nitrogen and oxygen atoms in total. The van der Waals surface area contributed by atoms with E-state index < -0.39 is 49.8 Å². The van der Waals surface area contributed by atoms with Gasteiger partial charge < -0.3 is 25.9 Å². The van der Waals surface area contributed by atoms with Gasteiger partial charge in [-0.1, -0.05) is 112 Å². The molecule has 0 unspecified atom stereocenters. The van der Waals surface area contributed by atoms with E-state index in [0.29, 0.717) is 28.0 Å². The molecule has 2 heterocycles. The molecule has 2 saturated heterocycles. The lowest BCUT2D eigenvalue weighted by Crippen LogP contribution is -2.40. The van der Waals surface area contributed by atoms with Gasteiger partial charge in [0.2, 0.25) is 0 Å². The Morgan fingerprint density at radius 2 is 0.969 bits per heavy atom. The number of unbranched alkanes of at least 4 members (excludes halogenated alkanes) is 3. The number of carboxylic acids is 1. The number of hydroxylamine groups is 4. The summed E-state index contributed by atoms with van der Waals surface area (Å²) in [6, 6.07) is 0. The molecule has 0 saturated carbocycles. The molecular weight excluding hydrogens is 1000 g/mol. The van der Waals surface area contributed by atoms with Crippen LogP contribution in [-0.2, 0) is 38.4 Å². The highest BCUT2D eigenvalue weighted by atomic mass is 32.2. The van der Waals surface area contributed by atoms with E-state index in [4.69, 9.17) is 67.8 Å². The van der Waals surface area contributed by atoms with Crippen molar-refractivity contribution in [3.8, 4) is 0 Å². The van der Waals surface area contributed by atoms with Crippen LogP contribution in [0.5, 0.6) is 0 Å². The summed E-state index contributed by atoms with van der Waals surface area (Å²) in [6.45, 7) is 17.4. The molecule has 2 aliphatic rings. The van der Waals surface area contributed by atoms with E-state index >= 15 is 0 Å². The molecule has 370 valence electrons. The Morgan fingerprint density at radius 3 is 1.27 bits per heavy atom. The van der Waals surface area contributed by atoms with Crippen molar-refractivity contribution in [1.29, 1.82) is 0 Å². The number of aliphatic hydroxyl groups is 2. The topological polar surface area (TPSA) is 242 Å². The van der Waals surface area contributed by atoms with Crippen LogP contribution >= 0.6 is 107 Å². The van der Waals surface area contributed by atoms with Gasteiger partial charge in [0, 0.05) is 45.3 Å². The number of carbonyl (C=O) groups excluding carboxylic acids is 6. The fourth-order valence-corrected chi connectivity index (χ4v) is 13.1. The van der Waals surface area contributed by atoms with Crippen molar-refractivity contribution in [2.75, 3.05) is 37.0 Å². The van der Waals surface area contributed by atoms with Crippen molar-refractivity contribution in [3.63, 3.8) is 0 Å². The summed E-state index contributed by atoms with van der Waals surface area (Å²) in [4.78, 5) is 83.1. The van der Waals surface area contributed by atoms with Crippen LogP contribution in [0.1, 0.15) is 139 Å². The van der Waals surface area contributed by atoms with Gasteiger partial charge in [-0.05, 0) is 84.5 Å². The number of amides is 4. The highest BCUT2D eigenvalue weighted by Gasteiger charge is 2.39. The van der Waals surface area contributed by atoms with Gasteiger partial charge >= 0.3 is 11.9 Å². The van der Waals surface area contributed by atoms with Crippen LogP contribution in [0.2, 0.25) is 0 Å². The molecule has 2 aliphatic heterocycles. The number of aliphatic carboxylic acids is 1. The minimum Gasteiger partial charge on any atom is -0.480 e. The smallest absolute Gasteiger partial charge is 0.348 e. The molecule has 0 atom stereocenters. The van der Waals surface area contributed by atoms with Crippen molar-refractivity contribution in [1.82, 2.24) is 10.1 Å². The largest absolute Gasteiger partial charge is 0.480 e. The first-order valence-electron chi connectivity index (χ1n) is 20.6. The maximum Gasteiger partial charge on any atom is 0.348 e. The number of thioether (sulfide) groups is 6. The van der Waals surface area contributed by atoms with E-state index in [9.17, 15) is 33.6 Å². The number of thiocarbonyl (C=S) groups is 3. The lowest BCUT2D eigenvalue weighted by atomic mass is 10.0. The lowest BCUT2D eigenvalue weighted by Gasteiger charge is -2.23. The number of carboxylic acid groups (broad SMARTS) is 1. The number of imide groups is 2. The van der Waals surface area contributed by atoms with Crippen LogP contribution in [0.4, 0.5) is 0 Å². The highest BCUT2D eigenvalue weighted by Crippen LogP contribution is 2.35. The Balaban J connectivity index is -0.000000782. The van der Waals surface area contributed by atoms with Crippen LogP contribution in [0, 0.1) is 0 Å². The number of nitrogens with two attached hydrogens (primary N) is 1. The molecule has 0 aromatic carbocycles. The third kappa shape index (κ3) is 32.7. The number of aliphatic hydroxyl groups excluding tert-OH is 2. The molecular formula is C40H69N3O12S9. The summed E-state index contributed by atoms with van der Waals surface area (Å²) in [5, 5.41) is 34.5. The molecule has 0 bridgehead atoms. The summed E-state index contributed by atoms with van der Waals surface area (Å²) < 4.78 is 0.0115. The molecule has 0 aromatic heterocycles. The van der Waals surface area contributed by atoms with Gasteiger partial charge in [-0.15, -0.1) is 40.3 Å². The Kier molecular flexibility index (Phi) is 40.0. The molecule has 24 heteroatoms. The van der Waals surface area contributed by atoms with E-state index in [2.05, 4.69) is 20.8 Å². The maximum atomic E-state index is 12.1. The second-order valence-electron chi connectivity index (χ2n) is 14.8. The first-order chi connectivity index (χ1) is 29.7. The van der Waals surface area contributed by atoms with Crippen LogP contribution in [-0.4, -0.2) is 134 Å². The van der Waals surface area contributed by atoms with Crippen molar-refractivity contribution in [3.05, 3.63) is 0 Å². The quantitative estimate of drug-likeness (QED) is 0.0332. The van der Waals surface area contributed by atoms with Gasteiger partial charge in [0.15, 0.2) is 0 Å². The Morgan fingerprint density at radius 1 is 0.625 bits per heavy atom. The summed E-state index contributed by atoms with van der Waals surface area (Å²) in [7, 11) is 0. The number of carbonyl (C=O) groups is 7. The Labute approximate surface area is 421 Å². The van der Waals surface area contributed by atoms with Crippen LogP contribution in [0.25, 0.3) is 0 Å². The van der Waals surface area contributed by atoms with E-state index in [1.165, 1.54) is 53.5 Å². The first kappa shape index (κ1) is 67.4. The zero-order valence-electron chi connectivity index (χ0n) is 38.4. The van der Waals surface area contributed by atoms with Gasteiger partial charge in [-0.3, -0.25) is 34.0 Å². The zero-order chi connectivity index (χ0) is 50.1.